The van der Waals surface area contributed by atoms with Crippen LogP contribution >= 0.6 is 22.6 Å². The first-order chi connectivity index (χ1) is 8.15. The van der Waals surface area contributed by atoms with E-state index in [4.69, 9.17) is 0 Å². The standard InChI is InChI=1S/C15H16IN/c1-11-4-3-5-13(8-11)10-17-14-7-6-12(2)15(16)9-14/h3-9,17H,10H2,1-2H3. The van der Waals surface area contributed by atoms with Crippen LogP contribution < -0.4 is 5.32 Å². The van der Waals surface area contributed by atoms with Crippen LogP contribution in [0.25, 0.3) is 0 Å². The van der Waals surface area contributed by atoms with Crippen molar-refractivity contribution >= 4 is 28.3 Å². The van der Waals surface area contributed by atoms with Crippen LogP contribution in [0.3, 0.4) is 0 Å². The summed E-state index contributed by atoms with van der Waals surface area (Å²) in [7, 11) is 0. The summed E-state index contributed by atoms with van der Waals surface area (Å²) in [6.45, 7) is 5.13. The van der Waals surface area contributed by atoms with Crippen molar-refractivity contribution in [3.63, 3.8) is 0 Å². The van der Waals surface area contributed by atoms with Gasteiger partial charge in [-0.3, -0.25) is 0 Å². The summed E-state index contributed by atoms with van der Waals surface area (Å²) in [6.07, 6.45) is 0. The molecule has 17 heavy (non-hydrogen) atoms. The Labute approximate surface area is 116 Å². The molecule has 0 fully saturated rings. The largest absolute Gasteiger partial charge is 0.381 e. The molecule has 0 saturated heterocycles. The fourth-order valence-electron chi connectivity index (χ4n) is 1.73. The Bertz CT molecular complexity index is 520. The van der Waals surface area contributed by atoms with E-state index in [2.05, 4.69) is 84.2 Å². The highest BCUT2D eigenvalue weighted by Gasteiger charge is 1.98. The van der Waals surface area contributed by atoms with E-state index in [-0.39, 0.29) is 0 Å². The molecule has 0 aromatic heterocycles. The molecule has 0 radical (unpaired) electrons. The molecule has 0 unspecified atom stereocenters. The lowest BCUT2D eigenvalue weighted by Crippen LogP contribution is -2.00. The van der Waals surface area contributed by atoms with Crippen molar-refractivity contribution in [3.05, 3.63) is 62.7 Å². The predicted molar refractivity (Wildman–Crippen MR) is 82.4 cm³/mol. The average molecular weight is 337 g/mol. The molecule has 0 spiro atoms. The van der Waals surface area contributed by atoms with Crippen molar-refractivity contribution in [1.82, 2.24) is 0 Å². The van der Waals surface area contributed by atoms with Gasteiger partial charge in [0.05, 0.1) is 0 Å². The minimum absolute atomic E-state index is 0.876. The van der Waals surface area contributed by atoms with Crippen LogP contribution in [0.2, 0.25) is 0 Å². The third-order valence-corrected chi connectivity index (χ3v) is 3.91. The van der Waals surface area contributed by atoms with Crippen molar-refractivity contribution in [2.75, 3.05) is 5.32 Å². The summed E-state index contributed by atoms with van der Waals surface area (Å²) < 4.78 is 1.30. The molecule has 88 valence electrons. The summed E-state index contributed by atoms with van der Waals surface area (Å²) in [6, 6.07) is 15.1. The summed E-state index contributed by atoms with van der Waals surface area (Å²) in [5.74, 6) is 0. The molecule has 1 N–H and O–H groups in total. The summed E-state index contributed by atoms with van der Waals surface area (Å²) in [4.78, 5) is 0. The Kier molecular flexibility index (Phi) is 4.05. The monoisotopic (exact) mass is 337 g/mol. The molecule has 0 bridgehead atoms. The maximum atomic E-state index is 3.45. The lowest BCUT2D eigenvalue weighted by atomic mass is 10.1. The highest BCUT2D eigenvalue weighted by Crippen LogP contribution is 2.17. The first-order valence-corrected chi connectivity index (χ1v) is 6.78. The van der Waals surface area contributed by atoms with Gasteiger partial charge in [-0.05, 0) is 59.7 Å². The van der Waals surface area contributed by atoms with Gasteiger partial charge in [-0.2, -0.15) is 0 Å². The number of hydrogen-bond acceptors (Lipinski definition) is 1. The SMILES string of the molecule is Cc1cccc(CNc2ccc(C)c(I)c2)c1. The number of halogens is 1. The Morgan fingerprint density at radius 2 is 1.88 bits per heavy atom. The fourth-order valence-corrected chi connectivity index (χ4v) is 2.24. The van der Waals surface area contributed by atoms with Crippen LogP contribution in [0, 0.1) is 17.4 Å². The molecule has 0 aliphatic heterocycles. The Morgan fingerprint density at radius 1 is 1.06 bits per heavy atom. The van der Waals surface area contributed by atoms with Gasteiger partial charge in [0.25, 0.3) is 0 Å². The smallest absolute Gasteiger partial charge is 0.0400 e. The normalized spacial score (nSPS) is 10.3. The van der Waals surface area contributed by atoms with Gasteiger partial charge in [0.15, 0.2) is 0 Å². The van der Waals surface area contributed by atoms with Crippen molar-refractivity contribution in [1.29, 1.82) is 0 Å². The number of aryl methyl sites for hydroxylation is 2. The van der Waals surface area contributed by atoms with Crippen LogP contribution in [0.4, 0.5) is 5.69 Å². The third kappa shape index (κ3) is 3.46. The van der Waals surface area contributed by atoms with Crippen molar-refractivity contribution < 1.29 is 0 Å². The minimum atomic E-state index is 0.876. The molecular formula is C15H16IN. The van der Waals surface area contributed by atoms with E-state index in [1.807, 2.05) is 0 Å². The number of benzene rings is 2. The van der Waals surface area contributed by atoms with Gasteiger partial charge in [0.2, 0.25) is 0 Å². The van der Waals surface area contributed by atoms with Crippen molar-refractivity contribution in [3.8, 4) is 0 Å². The maximum absolute atomic E-state index is 3.45. The van der Waals surface area contributed by atoms with Crippen molar-refractivity contribution in [2.45, 2.75) is 20.4 Å². The van der Waals surface area contributed by atoms with Crippen LogP contribution in [-0.2, 0) is 6.54 Å². The number of nitrogens with one attached hydrogen (secondary N) is 1. The lowest BCUT2D eigenvalue weighted by molar-refractivity contribution is 1.14. The average Bonchev–Trinajstić information content (AvgIpc) is 2.31. The number of rotatable bonds is 3. The number of hydrogen-bond donors (Lipinski definition) is 1. The van der Waals surface area contributed by atoms with E-state index in [0.717, 1.165) is 6.54 Å². The van der Waals surface area contributed by atoms with Crippen LogP contribution in [0.1, 0.15) is 16.7 Å². The summed E-state index contributed by atoms with van der Waals surface area (Å²) >= 11 is 2.37. The Morgan fingerprint density at radius 3 is 2.59 bits per heavy atom. The van der Waals surface area contributed by atoms with Gasteiger partial charge < -0.3 is 5.32 Å². The Hall–Kier alpha value is -1.03. The van der Waals surface area contributed by atoms with Crippen molar-refractivity contribution in [2.24, 2.45) is 0 Å². The molecule has 0 atom stereocenters. The lowest BCUT2D eigenvalue weighted by Gasteiger charge is -2.08. The zero-order valence-electron chi connectivity index (χ0n) is 10.1. The molecule has 2 aromatic rings. The molecule has 0 aliphatic rings. The van der Waals surface area contributed by atoms with Gasteiger partial charge in [-0.15, -0.1) is 0 Å². The summed E-state index contributed by atoms with van der Waals surface area (Å²) in [5.41, 5.74) is 5.14. The molecule has 0 aliphatic carbocycles. The van der Waals surface area contributed by atoms with Crippen LogP contribution in [0.5, 0.6) is 0 Å². The highest BCUT2D eigenvalue weighted by atomic mass is 127. The van der Waals surface area contributed by atoms with E-state index in [0.29, 0.717) is 0 Å². The van der Waals surface area contributed by atoms with Gasteiger partial charge >= 0.3 is 0 Å². The number of anilines is 1. The Balaban J connectivity index is 2.05. The quantitative estimate of drug-likeness (QED) is 0.812. The molecule has 1 nitrogen and oxygen atoms in total. The second kappa shape index (κ2) is 5.54. The molecule has 0 heterocycles. The molecular weight excluding hydrogens is 321 g/mol. The van der Waals surface area contributed by atoms with E-state index in [1.54, 1.807) is 0 Å². The topological polar surface area (TPSA) is 12.0 Å². The molecule has 2 aromatic carbocycles. The molecule has 0 saturated carbocycles. The van der Waals surface area contributed by atoms with E-state index in [1.165, 1.54) is 25.9 Å². The zero-order valence-corrected chi connectivity index (χ0v) is 12.3. The van der Waals surface area contributed by atoms with Gasteiger partial charge in [-0.1, -0.05) is 35.9 Å². The molecule has 2 rings (SSSR count). The van der Waals surface area contributed by atoms with Gasteiger partial charge in [0, 0.05) is 15.8 Å². The van der Waals surface area contributed by atoms with Crippen LogP contribution in [0.15, 0.2) is 42.5 Å². The van der Waals surface area contributed by atoms with Crippen LogP contribution in [-0.4, -0.2) is 0 Å². The first kappa shape index (κ1) is 12.4. The summed E-state index contributed by atoms with van der Waals surface area (Å²) in [5, 5.41) is 3.45. The fraction of sp³-hybridized carbons (Fsp3) is 0.200. The third-order valence-electron chi connectivity index (χ3n) is 2.75. The first-order valence-electron chi connectivity index (χ1n) is 5.71. The van der Waals surface area contributed by atoms with E-state index < -0.39 is 0 Å². The highest BCUT2D eigenvalue weighted by molar-refractivity contribution is 14.1. The van der Waals surface area contributed by atoms with Gasteiger partial charge in [-0.25, -0.2) is 0 Å². The van der Waals surface area contributed by atoms with Gasteiger partial charge in [0.1, 0.15) is 0 Å². The zero-order chi connectivity index (χ0) is 12.3. The molecule has 2 heteroatoms. The molecule has 0 amide bonds. The van der Waals surface area contributed by atoms with E-state index in [9.17, 15) is 0 Å². The maximum Gasteiger partial charge on any atom is 0.0400 e. The second-order valence-corrected chi connectivity index (χ2v) is 5.47. The predicted octanol–water partition coefficient (Wildman–Crippen LogP) is 4.52. The second-order valence-electron chi connectivity index (χ2n) is 4.31. The minimum Gasteiger partial charge on any atom is -0.381 e. The van der Waals surface area contributed by atoms with E-state index >= 15 is 0 Å².